The number of carboxylic acids is 1. The summed E-state index contributed by atoms with van der Waals surface area (Å²) >= 11 is 4.63. The van der Waals surface area contributed by atoms with E-state index < -0.39 is 5.97 Å². The minimum Gasteiger partial charge on any atom is -0.476 e. The lowest BCUT2D eigenvalue weighted by Crippen LogP contribution is -2.27. The molecule has 2 aromatic heterocycles. The maximum absolute atomic E-state index is 12.1. The number of hydrogen-bond donors (Lipinski definition) is 2. The van der Waals surface area contributed by atoms with E-state index in [1.807, 2.05) is 17.7 Å². The largest absolute Gasteiger partial charge is 0.476 e. The summed E-state index contributed by atoms with van der Waals surface area (Å²) in [4.78, 5) is 26.8. The average molecular weight is 372 g/mol. The zero-order chi connectivity index (χ0) is 15.4. The Bertz CT molecular complexity index is 665. The molecule has 1 amide bonds. The average Bonchev–Trinajstić information content (AvgIpc) is 3.05. The first-order chi connectivity index (χ1) is 10.0. The Morgan fingerprint density at radius 1 is 1.52 bits per heavy atom. The fraction of sp³-hybridized carbons (Fsp3) is 0.308. The number of halogens is 1. The third kappa shape index (κ3) is 3.92. The quantitative estimate of drug-likeness (QED) is 0.816. The smallest absolute Gasteiger partial charge is 0.355 e. The molecule has 0 spiro atoms. The van der Waals surface area contributed by atoms with Crippen LogP contribution in [-0.2, 0) is 13.0 Å². The van der Waals surface area contributed by atoms with Gasteiger partial charge in [-0.1, -0.05) is 0 Å². The van der Waals surface area contributed by atoms with E-state index in [4.69, 9.17) is 5.11 Å². The maximum Gasteiger partial charge on any atom is 0.355 e. The fourth-order valence-corrected chi connectivity index (χ4v) is 3.06. The molecule has 21 heavy (non-hydrogen) atoms. The van der Waals surface area contributed by atoms with Crippen LogP contribution in [0.5, 0.6) is 0 Å². The van der Waals surface area contributed by atoms with Crippen molar-refractivity contribution in [2.75, 3.05) is 6.54 Å². The van der Waals surface area contributed by atoms with Crippen LogP contribution in [-0.4, -0.2) is 33.1 Å². The SMILES string of the molecule is CCn1cc(Br)cc1C(=O)NCCc1nc(C(=O)O)cs1. The molecule has 0 unspecified atom stereocenters. The van der Waals surface area contributed by atoms with Gasteiger partial charge in [-0.2, -0.15) is 0 Å². The van der Waals surface area contributed by atoms with Crippen molar-refractivity contribution in [2.45, 2.75) is 19.9 Å². The summed E-state index contributed by atoms with van der Waals surface area (Å²) in [7, 11) is 0. The zero-order valence-electron chi connectivity index (χ0n) is 11.3. The third-order valence-electron chi connectivity index (χ3n) is 2.83. The summed E-state index contributed by atoms with van der Waals surface area (Å²) in [6.07, 6.45) is 2.37. The molecule has 0 aliphatic rings. The minimum atomic E-state index is -1.04. The van der Waals surface area contributed by atoms with Crippen LogP contribution in [0.4, 0.5) is 0 Å². The van der Waals surface area contributed by atoms with Crippen molar-refractivity contribution in [1.29, 1.82) is 0 Å². The van der Waals surface area contributed by atoms with Gasteiger partial charge >= 0.3 is 5.97 Å². The molecule has 0 aromatic carbocycles. The molecule has 2 rings (SSSR count). The van der Waals surface area contributed by atoms with Crippen LogP contribution >= 0.6 is 27.3 Å². The number of carbonyl (C=O) groups excluding carboxylic acids is 1. The number of rotatable bonds is 6. The standard InChI is InChI=1S/C13H14BrN3O3S/c1-2-17-6-8(14)5-10(17)12(18)15-4-3-11-16-9(7-21-11)13(19)20/h5-7H,2-4H2,1H3,(H,15,18)(H,19,20). The number of nitrogens with one attached hydrogen (secondary N) is 1. The number of thiazole rings is 1. The Labute approximate surface area is 133 Å². The number of aromatic nitrogens is 2. The van der Waals surface area contributed by atoms with Gasteiger partial charge in [0.25, 0.3) is 5.91 Å². The zero-order valence-corrected chi connectivity index (χ0v) is 13.7. The Balaban J connectivity index is 1.90. The Hall–Kier alpha value is -1.67. The van der Waals surface area contributed by atoms with Gasteiger partial charge < -0.3 is 15.0 Å². The fourth-order valence-electron chi connectivity index (χ4n) is 1.82. The molecule has 112 valence electrons. The van der Waals surface area contributed by atoms with Gasteiger partial charge in [0, 0.05) is 35.6 Å². The predicted octanol–water partition coefficient (Wildman–Crippen LogP) is 2.40. The van der Waals surface area contributed by atoms with Crippen LogP contribution in [0.1, 0.15) is 32.9 Å². The second-order valence-corrected chi connectivity index (χ2v) is 6.13. The summed E-state index contributed by atoms with van der Waals surface area (Å²) in [5, 5.41) is 13.8. The molecule has 0 aliphatic heterocycles. The van der Waals surface area contributed by atoms with Gasteiger partial charge in [-0.15, -0.1) is 11.3 Å². The van der Waals surface area contributed by atoms with Gasteiger partial charge in [-0.05, 0) is 28.9 Å². The molecule has 0 radical (unpaired) electrons. The van der Waals surface area contributed by atoms with E-state index in [-0.39, 0.29) is 11.6 Å². The highest BCUT2D eigenvalue weighted by atomic mass is 79.9. The van der Waals surface area contributed by atoms with Crippen molar-refractivity contribution in [3.8, 4) is 0 Å². The van der Waals surface area contributed by atoms with Gasteiger partial charge in [0.1, 0.15) is 5.69 Å². The molecule has 2 aromatic rings. The van der Waals surface area contributed by atoms with E-state index in [0.717, 1.165) is 4.47 Å². The van der Waals surface area contributed by atoms with Crippen LogP contribution in [0.15, 0.2) is 22.1 Å². The first kappa shape index (κ1) is 15.7. The molecule has 0 fully saturated rings. The van der Waals surface area contributed by atoms with Crippen molar-refractivity contribution in [1.82, 2.24) is 14.9 Å². The molecule has 0 aliphatic carbocycles. The van der Waals surface area contributed by atoms with Crippen molar-refractivity contribution in [2.24, 2.45) is 0 Å². The van der Waals surface area contributed by atoms with E-state index in [0.29, 0.717) is 30.2 Å². The first-order valence-electron chi connectivity index (χ1n) is 6.32. The van der Waals surface area contributed by atoms with Gasteiger partial charge in [-0.25, -0.2) is 9.78 Å². The molecule has 0 saturated heterocycles. The highest BCUT2D eigenvalue weighted by Crippen LogP contribution is 2.15. The summed E-state index contributed by atoms with van der Waals surface area (Å²) in [5.74, 6) is -1.19. The van der Waals surface area contributed by atoms with Crippen molar-refractivity contribution < 1.29 is 14.7 Å². The van der Waals surface area contributed by atoms with Gasteiger partial charge in [0.15, 0.2) is 5.69 Å². The molecule has 0 atom stereocenters. The molecular formula is C13H14BrN3O3S. The van der Waals surface area contributed by atoms with Gasteiger partial charge in [0.05, 0.1) is 5.01 Å². The normalized spacial score (nSPS) is 10.6. The molecule has 2 N–H and O–H groups in total. The van der Waals surface area contributed by atoms with Crippen LogP contribution in [0.25, 0.3) is 0 Å². The molecule has 0 saturated carbocycles. The van der Waals surface area contributed by atoms with E-state index >= 15 is 0 Å². The number of aryl methyl sites for hydroxylation is 1. The lowest BCUT2D eigenvalue weighted by Gasteiger charge is -2.06. The number of aromatic carboxylic acids is 1. The lowest BCUT2D eigenvalue weighted by atomic mass is 10.3. The molecule has 0 bridgehead atoms. The second kappa shape index (κ2) is 6.86. The van der Waals surface area contributed by atoms with Crippen LogP contribution in [0, 0.1) is 0 Å². The first-order valence-corrected chi connectivity index (χ1v) is 8.00. The molecule has 8 heteroatoms. The molecular weight excluding hydrogens is 358 g/mol. The van der Waals surface area contributed by atoms with Crippen molar-refractivity contribution >= 4 is 39.1 Å². The van der Waals surface area contributed by atoms with Crippen molar-refractivity contribution in [3.05, 3.63) is 38.5 Å². The minimum absolute atomic E-state index is 0.0464. The van der Waals surface area contributed by atoms with Gasteiger partial charge in [0.2, 0.25) is 0 Å². The van der Waals surface area contributed by atoms with E-state index in [2.05, 4.69) is 26.2 Å². The number of hydrogen-bond acceptors (Lipinski definition) is 4. The Morgan fingerprint density at radius 2 is 2.29 bits per heavy atom. The number of carbonyl (C=O) groups is 2. The van der Waals surface area contributed by atoms with E-state index in [9.17, 15) is 9.59 Å². The van der Waals surface area contributed by atoms with Crippen LogP contribution in [0.2, 0.25) is 0 Å². The highest BCUT2D eigenvalue weighted by Gasteiger charge is 2.12. The summed E-state index contributed by atoms with van der Waals surface area (Å²) < 4.78 is 2.71. The number of nitrogens with zero attached hydrogens (tertiary/aromatic N) is 2. The van der Waals surface area contributed by atoms with Crippen LogP contribution < -0.4 is 5.32 Å². The molecule has 2 heterocycles. The monoisotopic (exact) mass is 371 g/mol. The number of carboxylic acid groups (broad SMARTS) is 1. The Morgan fingerprint density at radius 3 is 2.90 bits per heavy atom. The van der Waals surface area contributed by atoms with E-state index in [1.54, 1.807) is 6.07 Å². The lowest BCUT2D eigenvalue weighted by molar-refractivity contribution is 0.0690. The second-order valence-electron chi connectivity index (χ2n) is 4.27. The summed E-state index contributed by atoms with van der Waals surface area (Å²) in [5.41, 5.74) is 0.639. The Kier molecular flexibility index (Phi) is 5.13. The van der Waals surface area contributed by atoms with Crippen molar-refractivity contribution in [3.63, 3.8) is 0 Å². The van der Waals surface area contributed by atoms with E-state index in [1.165, 1.54) is 16.7 Å². The highest BCUT2D eigenvalue weighted by molar-refractivity contribution is 9.10. The molecule has 6 nitrogen and oxygen atoms in total. The maximum atomic E-state index is 12.1. The number of amides is 1. The predicted molar refractivity (Wildman–Crippen MR) is 82.9 cm³/mol. The summed E-state index contributed by atoms with van der Waals surface area (Å²) in [6, 6.07) is 1.77. The topological polar surface area (TPSA) is 84.2 Å². The van der Waals surface area contributed by atoms with Crippen LogP contribution in [0.3, 0.4) is 0 Å². The third-order valence-corrected chi connectivity index (χ3v) is 4.17. The summed E-state index contributed by atoms with van der Waals surface area (Å²) in [6.45, 7) is 3.09. The van der Waals surface area contributed by atoms with Gasteiger partial charge in [-0.3, -0.25) is 4.79 Å².